The van der Waals surface area contributed by atoms with Crippen LogP contribution in [0.15, 0.2) is 24.3 Å². The van der Waals surface area contributed by atoms with Crippen LogP contribution in [-0.2, 0) is 0 Å². The maximum atomic E-state index is 13.2. The third-order valence-corrected chi connectivity index (χ3v) is 5.68. The summed E-state index contributed by atoms with van der Waals surface area (Å²) < 4.78 is 13.2. The van der Waals surface area contributed by atoms with E-state index in [-0.39, 0.29) is 5.82 Å². The highest BCUT2D eigenvalue weighted by Crippen LogP contribution is 2.48. The Hall–Kier alpha value is -0.930. The molecule has 2 aliphatic heterocycles. The normalized spacial score (nSPS) is 31.2. The van der Waals surface area contributed by atoms with Crippen molar-refractivity contribution in [1.29, 1.82) is 0 Å². The molecule has 21 heavy (non-hydrogen) atoms. The fraction of sp³-hybridized carbons (Fsp3) is 0.667. The van der Waals surface area contributed by atoms with Crippen LogP contribution in [0.25, 0.3) is 0 Å². The summed E-state index contributed by atoms with van der Waals surface area (Å²) in [5, 5.41) is 3.56. The van der Waals surface area contributed by atoms with Gasteiger partial charge in [0, 0.05) is 12.5 Å². The van der Waals surface area contributed by atoms with E-state index in [1.54, 1.807) is 12.1 Å². The van der Waals surface area contributed by atoms with Gasteiger partial charge >= 0.3 is 0 Å². The zero-order valence-corrected chi connectivity index (χ0v) is 13.1. The quantitative estimate of drug-likeness (QED) is 0.898. The number of piperidine rings is 1. The van der Waals surface area contributed by atoms with Crippen molar-refractivity contribution < 1.29 is 4.39 Å². The Morgan fingerprint density at radius 3 is 2.76 bits per heavy atom. The SMILES string of the molecule is CCN1CCCC2(CCNCC2c2ccc(F)cc2)CC1. The third-order valence-electron chi connectivity index (χ3n) is 5.68. The average Bonchev–Trinajstić information content (AvgIpc) is 2.72. The van der Waals surface area contributed by atoms with Gasteiger partial charge in [0.15, 0.2) is 0 Å². The largest absolute Gasteiger partial charge is 0.316 e. The van der Waals surface area contributed by atoms with Gasteiger partial charge < -0.3 is 10.2 Å². The molecule has 2 fully saturated rings. The Balaban J connectivity index is 1.84. The molecule has 0 aromatic heterocycles. The third kappa shape index (κ3) is 3.14. The number of benzene rings is 1. The van der Waals surface area contributed by atoms with Crippen LogP contribution >= 0.6 is 0 Å². The summed E-state index contributed by atoms with van der Waals surface area (Å²) >= 11 is 0. The second-order valence-electron chi connectivity index (χ2n) is 6.71. The summed E-state index contributed by atoms with van der Waals surface area (Å²) in [6, 6.07) is 7.23. The van der Waals surface area contributed by atoms with Crippen LogP contribution < -0.4 is 5.32 Å². The van der Waals surface area contributed by atoms with Gasteiger partial charge in [-0.3, -0.25) is 0 Å². The maximum Gasteiger partial charge on any atom is 0.123 e. The molecular weight excluding hydrogens is 263 g/mol. The molecule has 0 aliphatic carbocycles. The number of likely N-dealkylation sites (tertiary alicyclic amines) is 1. The number of nitrogens with one attached hydrogen (secondary N) is 1. The van der Waals surface area contributed by atoms with E-state index >= 15 is 0 Å². The molecule has 2 heterocycles. The molecule has 0 saturated carbocycles. The van der Waals surface area contributed by atoms with Crippen molar-refractivity contribution in [3.8, 4) is 0 Å². The van der Waals surface area contributed by atoms with Gasteiger partial charge in [-0.15, -0.1) is 0 Å². The van der Waals surface area contributed by atoms with E-state index in [1.165, 1.54) is 44.3 Å². The summed E-state index contributed by atoms with van der Waals surface area (Å²) in [6.07, 6.45) is 5.15. The molecule has 2 aliphatic rings. The van der Waals surface area contributed by atoms with Gasteiger partial charge in [-0.05, 0) is 75.0 Å². The highest BCUT2D eigenvalue weighted by Gasteiger charge is 2.41. The Bertz CT molecular complexity index is 459. The van der Waals surface area contributed by atoms with E-state index in [0.29, 0.717) is 11.3 Å². The Morgan fingerprint density at radius 2 is 2.00 bits per heavy atom. The lowest BCUT2D eigenvalue weighted by Crippen LogP contribution is -2.44. The molecular formula is C18H27FN2. The molecule has 0 amide bonds. The van der Waals surface area contributed by atoms with E-state index in [9.17, 15) is 4.39 Å². The zero-order valence-electron chi connectivity index (χ0n) is 13.1. The first kappa shape index (κ1) is 15.0. The first-order valence-electron chi connectivity index (χ1n) is 8.42. The molecule has 3 heteroatoms. The number of halogens is 1. The molecule has 1 spiro atoms. The minimum Gasteiger partial charge on any atom is -0.316 e. The minimum atomic E-state index is -0.130. The smallest absolute Gasteiger partial charge is 0.123 e. The number of rotatable bonds is 2. The summed E-state index contributed by atoms with van der Waals surface area (Å²) in [6.45, 7) is 8.05. The number of hydrogen-bond donors (Lipinski definition) is 1. The molecule has 1 aromatic rings. The zero-order chi connectivity index (χ0) is 14.7. The van der Waals surface area contributed by atoms with Crippen LogP contribution in [0.4, 0.5) is 4.39 Å². The topological polar surface area (TPSA) is 15.3 Å². The molecule has 2 nitrogen and oxygen atoms in total. The van der Waals surface area contributed by atoms with Crippen molar-refractivity contribution in [1.82, 2.24) is 10.2 Å². The van der Waals surface area contributed by atoms with E-state index in [4.69, 9.17) is 0 Å². The van der Waals surface area contributed by atoms with E-state index < -0.39 is 0 Å². The highest BCUT2D eigenvalue weighted by atomic mass is 19.1. The standard InChI is InChI=1S/C18H27FN2/c1-2-21-12-3-8-18(10-13-21)9-11-20-14-17(18)15-4-6-16(19)7-5-15/h4-7,17,20H,2-3,8-14H2,1H3. The number of hydrogen-bond acceptors (Lipinski definition) is 2. The second kappa shape index (κ2) is 6.45. The first-order valence-corrected chi connectivity index (χ1v) is 8.42. The fourth-order valence-corrected chi connectivity index (χ4v) is 4.33. The first-order chi connectivity index (χ1) is 10.2. The van der Waals surface area contributed by atoms with Crippen molar-refractivity contribution in [3.05, 3.63) is 35.6 Å². The lowest BCUT2D eigenvalue weighted by molar-refractivity contribution is 0.135. The summed E-state index contributed by atoms with van der Waals surface area (Å²) in [4.78, 5) is 2.58. The lowest BCUT2D eigenvalue weighted by Gasteiger charge is -2.45. The minimum absolute atomic E-state index is 0.130. The van der Waals surface area contributed by atoms with Crippen molar-refractivity contribution in [3.63, 3.8) is 0 Å². The predicted octanol–water partition coefficient (Wildman–Crippen LogP) is 3.39. The molecule has 1 N–H and O–H groups in total. The molecule has 0 radical (unpaired) electrons. The Labute approximate surface area is 127 Å². The van der Waals surface area contributed by atoms with Crippen LogP contribution in [0.1, 0.15) is 44.1 Å². The van der Waals surface area contributed by atoms with Crippen molar-refractivity contribution in [2.24, 2.45) is 5.41 Å². The van der Waals surface area contributed by atoms with Gasteiger partial charge in [0.1, 0.15) is 5.82 Å². The van der Waals surface area contributed by atoms with Gasteiger partial charge in [0.25, 0.3) is 0 Å². The van der Waals surface area contributed by atoms with E-state index in [0.717, 1.165) is 19.6 Å². The fourth-order valence-electron chi connectivity index (χ4n) is 4.33. The maximum absolute atomic E-state index is 13.2. The highest BCUT2D eigenvalue weighted by molar-refractivity contribution is 5.24. The monoisotopic (exact) mass is 290 g/mol. The molecule has 2 saturated heterocycles. The Morgan fingerprint density at radius 1 is 1.19 bits per heavy atom. The lowest BCUT2D eigenvalue weighted by atomic mass is 9.64. The molecule has 2 atom stereocenters. The molecule has 2 unspecified atom stereocenters. The van der Waals surface area contributed by atoms with Gasteiger partial charge in [-0.2, -0.15) is 0 Å². The molecule has 0 bridgehead atoms. The van der Waals surface area contributed by atoms with Crippen LogP contribution in [0.3, 0.4) is 0 Å². The van der Waals surface area contributed by atoms with Gasteiger partial charge in [0.05, 0.1) is 0 Å². The molecule has 3 rings (SSSR count). The van der Waals surface area contributed by atoms with Gasteiger partial charge in [-0.25, -0.2) is 4.39 Å². The average molecular weight is 290 g/mol. The van der Waals surface area contributed by atoms with Crippen LogP contribution in [0.2, 0.25) is 0 Å². The van der Waals surface area contributed by atoms with Gasteiger partial charge in [0.2, 0.25) is 0 Å². The summed E-state index contributed by atoms with van der Waals surface area (Å²) in [5.74, 6) is 0.401. The van der Waals surface area contributed by atoms with Gasteiger partial charge in [-0.1, -0.05) is 19.1 Å². The van der Waals surface area contributed by atoms with Crippen LogP contribution in [-0.4, -0.2) is 37.6 Å². The van der Waals surface area contributed by atoms with Crippen molar-refractivity contribution in [2.75, 3.05) is 32.7 Å². The molecule has 1 aromatic carbocycles. The van der Waals surface area contributed by atoms with Crippen molar-refractivity contribution >= 4 is 0 Å². The predicted molar refractivity (Wildman–Crippen MR) is 85.0 cm³/mol. The van der Waals surface area contributed by atoms with Crippen LogP contribution in [0, 0.1) is 11.2 Å². The summed E-state index contributed by atoms with van der Waals surface area (Å²) in [5.41, 5.74) is 1.72. The summed E-state index contributed by atoms with van der Waals surface area (Å²) in [7, 11) is 0. The second-order valence-corrected chi connectivity index (χ2v) is 6.71. The number of nitrogens with zero attached hydrogens (tertiary/aromatic N) is 1. The Kier molecular flexibility index (Phi) is 4.60. The molecule has 116 valence electrons. The van der Waals surface area contributed by atoms with E-state index in [2.05, 4.69) is 17.1 Å². The van der Waals surface area contributed by atoms with Crippen molar-refractivity contribution in [2.45, 2.75) is 38.5 Å². The van der Waals surface area contributed by atoms with E-state index in [1.807, 2.05) is 12.1 Å². The van der Waals surface area contributed by atoms with Crippen LogP contribution in [0.5, 0.6) is 0 Å².